The molecule has 2 aromatic carbocycles. The molecule has 0 aliphatic heterocycles. The quantitative estimate of drug-likeness (QED) is 0.180. The molecular formula is C27H27N3O4. The van der Waals surface area contributed by atoms with E-state index in [1.165, 1.54) is 0 Å². The van der Waals surface area contributed by atoms with Crippen molar-refractivity contribution in [2.75, 3.05) is 12.4 Å². The lowest BCUT2D eigenvalue weighted by atomic mass is 9.96. The summed E-state index contributed by atoms with van der Waals surface area (Å²) in [6, 6.07) is 15.9. The predicted octanol–water partition coefficient (Wildman–Crippen LogP) is 5.70. The molecule has 0 saturated heterocycles. The van der Waals surface area contributed by atoms with Gasteiger partial charge in [0.05, 0.1) is 25.2 Å². The maximum atomic E-state index is 13.8. The number of pyridine rings is 1. The van der Waals surface area contributed by atoms with E-state index in [0.717, 1.165) is 23.9 Å². The average Bonchev–Trinajstić information content (AvgIpc) is 3.29. The van der Waals surface area contributed by atoms with Crippen LogP contribution in [0, 0.1) is 0 Å². The van der Waals surface area contributed by atoms with Crippen LogP contribution < -0.4 is 14.8 Å². The van der Waals surface area contributed by atoms with Gasteiger partial charge in [0.15, 0.2) is 5.78 Å². The summed E-state index contributed by atoms with van der Waals surface area (Å²) >= 11 is 0. The third-order valence-electron chi connectivity index (χ3n) is 5.54. The fraction of sp³-hybridized carbons (Fsp3) is 0.222. The number of esters is 1. The number of aromatic amines is 1. The van der Waals surface area contributed by atoms with Crippen molar-refractivity contribution < 1.29 is 19.1 Å². The van der Waals surface area contributed by atoms with Gasteiger partial charge >= 0.3 is 5.97 Å². The zero-order valence-electron chi connectivity index (χ0n) is 19.2. The van der Waals surface area contributed by atoms with Crippen molar-refractivity contribution in [2.24, 2.45) is 0 Å². The summed E-state index contributed by atoms with van der Waals surface area (Å²) in [5.74, 6) is 0.600. The second-order valence-electron chi connectivity index (χ2n) is 7.95. The fourth-order valence-electron chi connectivity index (χ4n) is 3.75. The van der Waals surface area contributed by atoms with Gasteiger partial charge in [0.25, 0.3) is 0 Å². The molecule has 0 spiro atoms. The number of methoxy groups -OCH3 is 1. The molecular weight excluding hydrogens is 430 g/mol. The number of unbranched alkanes of at least 4 members (excludes halogenated alkanes) is 1. The number of H-pyrrole nitrogens is 1. The minimum atomic E-state index is -0.662. The van der Waals surface area contributed by atoms with Gasteiger partial charge in [-0.05, 0) is 30.2 Å². The van der Waals surface area contributed by atoms with Crippen molar-refractivity contribution in [3.8, 4) is 11.5 Å². The van der Waals surface area contributed by atoms with E-state index in [0.29, 0.717) is 34.6 Å². The topological polar surface area (TPSA) is 93.3 Å². The van der Waals surface area contributed by atoms with E-state index < -0.39 is 6.04 Å². The Hall–Kier alpha value is -4.13. The molecule has 1 atom stereocenters. The number of hydrogen-bond acceptors (Lipinski definition) is 6. The number of ketones is 1. The summed E-state index contributed by atoms with van der Waals surface area (Å²) in [6.45, 7) is 2.02. The van der Waals surface area contributed by atoms with Crippen LogP contribution in [0.5, 0.6) is 11.5 Å². The number of nitrogens with zero attached hydrogens (tertiary/aromatic N) is 1. The Kier molecular flexibility index (Phi) is 7.22. The van der Waals surface area contributed by atoms with E-state index in [1.54, 1.807) is 43.9 Å². The predicted molar refractivity (Wildman–Crippen MR) is 131 cm³/mol. The van der Waals surface area contributed by atoms with Gasteiger partial charge < -0.3 is 19.8 Å². The Morgan fingerprint density at radius 2 is 1.88 bits per heavy atom. The van der Waals surface area contributed by atoms with Crippen LogP contribution in [0.4, 0.5) is 5.69 Å². The number of hydrogen-bond donors (Lipinski definition) is 2. The second-order valence-corrected chi connectivity index (χ2v) is 7.95. The second kappa shape index (κ2) is 10.7. The highest BCUT2D eigenvalue weighted by Gasteiger charge is 2.25. The molecule has 0 aliphatic rings. The normalized spacial score (nSPS) is 11.7. The van der Waals surface area contributed by atoms with E-state index in [-0.39, 0.29) is 11.8 Å². The Bertz CT molecular complexity index is 1280. The molecule has 0 saturated carbocycles. The molecule has 4 aromatic rings. The summed E-state index contributed by atoms with van der Waals surface area (Å²) < 4.78 is 10.8. The highest BCUT2D eigenvalue weighted by molar-refractivity contribution is 6.11. The number of ether oxygens (including phenoxy) is 2. The zero-order valence-corrected chi connectivity index (χ0v) is 19.2. The molecule has 0 bridgehead atoms. The highest BCUT2D eigenvalue weighted by atomic mass is 16.5. The molecule has 0 radical (unpaired) electrons. The monoisotopic (exact) mass is 457 g/mol. The lowest BCUT2D eigenvalue weighted by Gasteiger charge is -2.19. The van der Waals surface area contributed by atoms with Crippen LogP contribution in [0.2, 0.25) is 0 Å². The Labute approximate surface area is 198 Å². The van der Waals surface area contributed by atoms with Crippen LogP contribution in [0.1, 0.15) is 48.1 Å². The number of anilines is 1. The van der Waals surface area contributed by atoms with Crippen molar-refractivity contribution in [1.82, 2.24) is 9.97 Å². The molecule has 7 nitrogen and oxygen atoms in total. The fourth-order valence-corrected chi connectivity index (χ4v) is 3.75. The molecule has 0 amide bonds. The number of carbonyl (C=O) groups is 2. The molecule has 1 unspecified atom stereocenters. The van der Waals surface area contributed by atoms with Crippen LogP contribution >= 0.6 is 0 Å². The lowest BCUT2D eigenvalue weighted by molar-refractivity contribution is -0.134. The number of fused-ring (bicyclic) bond motifs is 1. The van der Waals surface area contributed by atoms with E-state index >= 15 is 0 Å². The van der Waals surface area contributed by atoms with Crippen LogP contribution in [0.15, 0.2) is 73.2 Å². The average molecular weight is 458 g/mol. The molecule has 0 fully saturated rings. The van der Waals surface area contributed by atoms with Crippen molar-refractivity contribution in [1.29, 1.82) is 0 Å². The van der Waals surface area contributed by atoms with E-state index in [1.807, 2.05) is 43.3 Å². The molecule has 2 N–H and O–H groups in total. The number of benzene rings is 2. The number of carbonyl (C=O) groups excluding carboxylic acids is 2. The number of Topliss-reactive ketones (excluding diaryl/α,β-unsaturated/α-hetero) is 1. The smallest absolute Gasteiger partial charge is 0.311 e. The van der Waals surface area contributed by atoms with Gasteiger partial charge in [0, 0.05) is 35.2 Å². The van der Waals surface area contributed by atoms with Crippen molar-refractivity contribution in [3.05, 3.63) is 84.3 Å². The van der Waals surface area contributed by atoms with Gasteiger partial charge in [0.2, 0.25) is 0 Å². The first-order chi connectivity index (χ1) is 16.6. The van der Waals surface area contributed by atoms with Gasteiger partial charge in [-0.3, -0.25) is 14.6 Å². The Morgan fingerprint density at radius 3 is 2.65 bits per heavy atom. The minimum Gasteiger partial charge on any atom is -0.495 e. The molecule has 0 aliphatic carbocycles. The molecule has 4 rings (SSSR count). The number of nitrogens with one attached hydrogen (secondary N) is 2. The summed E-state index contributed by atoms with van der Waals surface area (Å²) in [5, 5.41) is 3.99. The molecule has 7 heteroatoms. The van der Waals surface area contributed by atoms with Crippen molar-refractivity contribution in [3.63, 3.8) is 0 Å². The van der Waals surface area contributed by atoms with Crippen molar-refractivity contribution in [2.45, 2.75) is 32.2 Å². The Morgan fingerprint density at radius 1 is 1.06 bits per heavy atom. The van der Waals surface area contributed by atoms with Gasteiger partial charge in [-0.25, -0.2) is 0 Å². The van der Waals surface area contributed by atoms with Crippen LogP contribution in [-0.4, -0.2) is 28.8 Å². The van der Waals surface area contributed by atoms with Crippen LogP contribution in [0.3, 0.4) is 0 Å². The summed E-state index contributed by atoms with van der Waals surface area (Å²) in [4.78, 5) is 33.2. The Balaban J connectivity index is 1.67. The molecule has 174 valence electrons. The first-order valence-corrected chi connectivity index (χ1v) is 11.3. The largest absolute Gasteiger partial charge is 0.495 e. The molecule has 34 heavy (non-hydrogen) atoms. The highest BCUT2D eigenvalue weighted by Crippen LogP contribution is 2.30. The summed E-state index contributed by atoms with van der Waals surface area (Å²) in [6.07, 6.45) is 7.00. The summed E-state index contributed by atoms with van der Waals surface area (Å²) in [7, 11) is 1.57. The van der Waals surface area contributed by atoms with Crippen LogP contribution in [0.25, 0.3) is 10.9 Å². The third-order valence-corrected chi connectivity index (χ3v) is 5.54. The maximum Gasteiger partial charge on any atom is 0.311 e. The van der Waals surface area contributed by atoms with E-state index in [9.17, 15) is 9.59 Å². The molecule has 2 aromatic heterocycles. The first kappa shape index (κ1) is 23.0. The van der Waals surface area contributed by atoms with Crippen molar-refractivity contribution >= 4 is 28.3 Å². The lowest BCUT2D eigenvalue weighted by Crippen LogP contribution is -2.21. The minimum absolute atomic E-state index is 0.130. The molecule has 2 heterocycles. The van der Waals surface area contributed by atoms with Gasteiger partial charge in [0.1, 0.15) is 17.5 Å². The number of aromatic nitrogens is 2. The van der Waals surface area contributed by atoms with Gasteiger partial charge in [-0.1, -0.05) is 43.7 Å². The van der Waals surface area contributed by atoms with E-state index in [2.05, 4.69) is 15.3 Å². The van der Waals surface area contributed by atoms with Crippen LogP contribution in [-0.2, 0) is 4.79 Å². The third kappa shape index (κ3) is 5.26. The van der Waals surface area contributed by atoms with Gasteiger partial charge in [-0.2, -0.15) is 0 Å². The zero-order chi connectivity index (χ0) is 23.9. The number of rotatable bonds is 10. The maximum absolute atomic E-state index is 13.8. The van der Waals surface area contributed by atoms with E-state index in [4.69, 9.17) is 9.47 Å². The SMILES string of the molecule is CCCCC(=O)Oc1ccc2[nH]cc(C(=O)C(Nc3cncc(OC)c3)c3ccccc3)c2c1. The van der Waals surface area contributed by atoms with Gasteiger partial charge in [-0.15, -0.1) is 0 Å². The first-order valence-electron chi connectivity index (χ1n) is 11.3. The summed E-state index contributed by atoms with van der Waals surface area (Å²) in [5.41, 5.74) is 2.75. The standard InChI is InChI=1S/C27H27N3O4/c1-3-4-10-25(31)34-20-11-12-24-22(14-20)23(17-29-24)27(32)26(18-8-6-5-7-9-18)30-19-13-21(33-2)16-28-15-19/h5-9,11-17,26,29-30H,3-4,10H2,1-2H3.